The summed E-state index contributed by atoms with van der Waals surface area (Å²) in [6, 6.07) is 80.6. The van der Waals surface area contributed by atoms with Gasteiger partial charge in [-0.1, -0.05) is 181 Å². The summed E-state index contributed by atoms with van der Waals surface area (Å²) < 4.78 is 16.4. The first kappa shape index (κ1) is 44.7. The summed E-state index contributed by atoms with van der Waals surface area (Å²) in [4.78, 5) is 2.52. The van der Waals surface area contributed by atoms with E-state index in [4.69, 9.17) is 8.83 Å². The molecule has 0 amide bonds. The van der Waals surface area contributed by atoms with E-state index in [-0.39, 0.29) is 16.2 Å². The molecule has 0 fully saturated rings. The third-order valence-electron chi connectivity index (χ3n) is 18.7. The van der Waals surface area contributed by atoms with Gasteiger partial charge < -0.3 is 18.3 Å². The van der Waals surface area contributed by atoms with E-state index in [1.807, 2.05) is 0 Å². The minimum absolute atomic E-state index is 0.240. The van der Waals surface area contributed by atoms with Crippen LogP contribution in [0.15, 0.2) is 227 Å². The lowest BCUT2D eigenvalue weighted by molar-refractivity contribution is 0.600. The lowest BCUT2D eigenvalue weighted by atomic mass is 9.72. The Morgan fingerprint density at radius 1 is 0.342 bits per heavy atom. The average Bonchev–Trinajstić information content (AvgIpc) is 4.32. The fourth-order valence-corrected chi connectivity index (χ4v) is 15.1. The number of furan rings is 2. The van der Waals surface area contributed by atoms with E-state index in [1.54, 1.807) is 0 Å². The van der Waals surface area contributed by atoms with Crippen LogP contribution in [0.4, 0.5) is 17.1 Å². The van der Waals surface area contributed by atoms with Gasteiger partial charge in [0.15, 0.2) is 0 Å². The van der Waals surface area contributed by atoms with E-state index in [1.165, 1.54) is 105 Å². The normalized spacial score (nSPS) is 15.0. The fraction of sp³-hybridized carbons (Fsp3) is 0.120. The van der Waals surface area contributed by atoms with Crippen molar-refractivity contribution in [3.8, 4) is 50.2 Å². The van der Waals surface area contributed by atoms with Gasteiger partial charge in [0.2, 0.25) is 0 Å². The number of benzene rings is 11. The van der Waals surface area contributed by atoms with E-state index >= 15 is 0 Å². The van der Waals surface area contributed by atoms with Crippen LogP contribution in [-0.2, 0) is 16.2 Å². The third kappa shape index (κ3) is 5.78. The van der Waals surface area contributed by atoms with E-state index in [0.717, 1.165) is 61.6 Å². The number of para-hydroxylation sites is 4. The molecule has 0 atom stereocenters. The summed E-state index contributed by atoms with van der Waals surface area (Å²) in [6.45, 7) is 14.6. The SMILES string of the molecule is CC1(C)c2cc(N(c3ccc4c(c3)C(C)(C)c3c5c(c6c(oc7ccccc76)c3-4)-c3ccccc3C5(C)C)c3ccc4c(c3)c3ccccc3n4-c3ccccc3)ccc2-c2c1cc(-c1ccccc1)c1oc3ccccc3c21. The van der Waals surface area contributed by atoms with Gasteiger partial charge in [-0.2, -0.15) is 0 Å². The van der Waals surface area contributed by atoms with Gasteiger partial charge in [-0.15, -0.1) is 0 Å². The van der Waals surface area contributed by atoms with Crippen molar-refractivity contribution in [2.24, 2.45) is 0 Å². The first-order valence-corrected chi connectivity index (χ1v) is 27.8. The van der Waals surface area contributed by atoms with Gasteiger partial charge in [0.05, 0.1) is 11.0 Å². The van der Waals surface area contributed by atoms with Gasteiger partial charge in [0, 0.05) is 82.4 Å². The molecule has 14 aromatic rings. The first-order valence-electron chi connectivity index (χ1n) is 27.8. The second-order valence-electron chi connectivity index (χ2n) is 23.9. The highest BCUT2D eigenvalue weighted by Gasteiger charge is 2.49. The summed E-state index contributed by atoms with van der Waals surface area (Å²) in [6.07, 6.45) is 0. The predicted octanol–water partition coefficient (Wildman–Crippen LogP) is 20.6. The van der Waals surface area contributed by atoms with Crippen LogP contribution < -0.4 is 4.90 Å². The second-order valence-corrected chi connectivity index (χ2v) is 23.9. The topological polar surface area (TPSA) is 34.5 Å². The van der Waals surface area contributed by atoms with Crippen molar-refractivity contribution in [2.45, 2.75) is 57.8 Å². The van der Waals surface area contributed by atoms with Crippen molar-refractivity contribution in [3.63, 3.8) is 0 Å². The zero-order valence-electron chi connectivity index (χ0n) is 45.0. The van der Waals surface area contributed by atoms with Gasteiger partial charge in [0.25, 0.3) is 0 Å². The molecule has 3 aliphatic carbocycles. The molecule has 79 heavy (non-hydrogen) atoms. The van der Waals surface area contributed by atoms with Crippen molar-refractivity contribution in [2.75, 3.05) is 4.90 Å². The molecule has 376 valence electrons. The predicted molar refractivity (Wildman–Crippen MR) is 328 cm³/mol. The van der Waals surface area contributed by atoms with Crippen molar-refractivity contribution >= 4 is 82.7 Å². The summed E-state index contributed by atoms with van der Waals surface area (Å²) in [7, 11) is 0. The number of hydrogen-bond donors (Lipinski definition) is 0. The molecule has 4 nitrogen and oxygen atoms in total. The minimum Gasteiger partial charge on any atom is -0.455 e. The standard InChI is InChI=1S/C75H54N2O2/c1-73(2)57-40-46(33-36-50(57)64-59(73)42-54(43-21-9-7-10-22-43)71-66(64)52-27-15-19-31-62(52)78-71)76(45-35-38-61-55(39-45)48-25-14-18-30-60(48)77(61)44-23-11-8-12-24-44)47-34-37-51-58(41-47)75(5,6)70-68(51)72-67(53-28-16-20-32-63(53)79-72)65-49-26-13-17-29-56(49)74(3,4)69(65)70/h7-42H,1-6H3. The van der Waals surface area contributed by atoms with E-state index in [9.17, 15) is 0 Å². The lowest BCUT2D eigenvalue weighted by Gasteiger charge is -2.32. The quantitative estimate of drug-likeness (QED) is 0.172. The van der Waals surface area contributed by atoms with E-state index < -0.39 is 0 Å². The average molecular weight is 1020 g/mol. The number of aromatic nitrogens is 1. The summed E-state index contributed by atoms with van der Waals surface area (Å²) in [5.74, 6) is 0. The first-order chi connectivity index (χ1) is 38.5. The summed E-state index contributed by atoms with van der Waals surface area (Å²) in [5, 5.41) is 7.14. The van der Waals surface area contributed by atoms with Gasteiger partial charge in [-0.25, -0.2) is 0 Å². The van der Waals surface area contributed by atoms with Gasteiger partial charge in [-0.05, 0) is 146 Å². The number of nitrogens with zero attached hydrogens (tertiary/aromatic N) is 2. The summed E-state index contributed by atoms with van der Waals surface area (Å²) in [5.41, 5.74) is 27.5. The molecular formula is C75H54N2O2. The third-order valence-corrected chi connectivity index (χ3v) is 18.7. The van der Waals surface area contributed by atoms with Crippen LogP contribution in [0.1, 0.15) is 74.9 Å². The lowest BCUT2D eigenvalue weighted by Crippen LogP contribution is -2.24. The molecule has 0 saturated carbocycles. The molecule has 0 unspecified atom stereocenters. The maximum absolute atomic E-state index is 7.13. The van der Waals surface area contributed by atoms with Gasteiger partial charge in [-0.3, -0.25) is 0 Å². The smallest absolute Gasteiger partial charge is 0.144 e. The number of rotatable bonds is 5. The molecule has 0 bridgehead atoms. The molecule has 4 heteroatoms. The molecule has 3 aromatic heterocycles. The zero-order valence-corrected chi connectivity index (χ0v) is 45.0. The highest BCUT2D eigenvalue weighted by molar-refractivity contribution is 6.22. The minimum atomic E-state index is -0.382. The Kier molecular flexibility index (Phi) is 8.73. The number of hydrogen-bond acceptors (Lipinski definition) is 3. The Hall–Kier alpha value is -9.38. The molecule has 0 spiro atoms. The van der Waals surface area contributed by atoms with Crippen LogP contribution in [0.25, 0.3) is 116 Å². The zero-order chi connectivity index (χ0) is 52.8. The van der Waals surface area contributed by atoms with Crippen LogP contribution in [0, 0.1) is 0 Å². The molecule has 17 rings (SSSR count). The largest absolute Gasteiger partial charge is 0.455 e. The van der Waals surface area contributed by atoms with Crippen molar-refractivity contribution in [1.29, 1.82) is 0 Å². The Labute approximate surface area is 458 Å². The Morgan fingerprint density at radius 2 is 0.848 bits per heavy atom. The van der Waals surface area contributed by atoms with Crippen LogP contribution in [0.3, 0.4) is 0 Å². The molecule has 0 radical (unpaired) electrons. The Bertz CT molecular complexity index is 4980. The monoisotopic (exact) mass is 1010 g/mol. The van der Waals surface area contributed by atoms with Crippen LogP contribution >= 0.6 is 0 Å². The highest BCUT2D eigenvalue weighted by atomic mass is 16.3. The summed E-state index contributed by atoms with van der Waals surface area (Å²) >= 11 is 0. The number of anilines is 3. The van der Waals surface area contributed by atoms with E-state index in [0.29, 0.717) is 0 Å². The Morgan fingerprint density at radius 3 is 1.57 bits per heavy atom. The Balaban J connectivity index is 0.915. The fourth-order valence-electron chi connectivity index (χ4n) is 15.1. The van der Waals surface area contributed by atoms with Crippen molar-refractivity contribution in [1.82, 2.24) is 4.57 Å². The second kappa shape index (κ2) is 15.4. The van der Waals surface area contributed by atoms with Crippen LogP contribution in [-0.4, -0.2) is 4.57 Å². The highest BCUT2D eigenvalue weighted by Crippen LogP contribution is 2.64. The molecule has 0 N–H and O–H groups in total. The molecule has 11 aromatic carbocycles. The molecular weight excluding hydrogens is 961 g/mol. The molecule has 3 heterocycles. The van der Waals surface area contributed by atoms with E-state index in [2.05, 4.69) is 269 Å². The van der Waals surface area contributed by atoms with Crippen LogP contribution in [0.2, 0.25) is 0 Å². The molecule has 3 aliphatic rings. The molecule has 0 aliphatic heterocycles. The molecule has 0 saturated heterocycles. The maximum Gasteiger partial charge on any atom is 0.144 e. The van der Waals surface area contributed by atoms with Crippen molar-refractivity contribution in [3.05, 3.63) is 252 Å². The van der Waals surface area contributed by atoms with Crippen LogP contribution in [0.5, 0.6) is 0 Å². The maximum atomic E-state index is 7.13. The van der Waals surface area contributed by atoms with Crippen molar-refractivity contribution < 1.29 is 8.83 Å². The van der Waals surface area contributed by atoms with Gasteiger partial charge >= 0.3 is 0 Å². The number of fused-ring (bicyclic) bond motifs is 22. The van der Waals surface area contributed by atoms with Gasteiger partial charge in [0.1, 0.15) is 22.3 Å².